The third-order valence-electron chi connectivity index (χ3n) is 1.71. The molecule has 0 amide bonds. The molecule has 66 valence electrons. The van der Waals surface area contributed by atoms with Crippen molar-refractivity contribution in [1.82, 2.24) is 0 Å². The lowest BCUT2D eigenvalue weighted by atomic mass is 10.2. The average molecular weight is 160 g/mol. The van der Waals surface area contributed by atoms with Crippen molar-refractivity contribution in [1.29, 1.82) is 0 Å². The molecule has 0 N–H and O–H groups in total. The SMILES string of the molecule is CCOC(C)OCC1CCO1. The molecule has 0 aliphatic carbocycles. The predicted octanol–water partition coefficient (Wildman–Crippen LogP) is 1.17. The first-order valence-electron chi connectivity index (χ1n) is 4.17. The van der Waals surface area contributed by atoms with Crippen LogP contribution in [0.1, 0.15) is 20.3 Å². The minimum Gasteiger partial charge on any atom is -0.376 e. The highest BCUT2D eigenvalue weighted by molar-refractivity contribution is 4.64. The molecule has 11 heavy (non-hydrogen) atoms. The molecule has 1 aliphatic rings. The van der Waals surface area contributed by atoms with Crippen molar-refractivity contribution in [3.05, 3.63) is 0 Å². The van der Waals surface area contributed by atoms with E-state index in [9.17, 15) is 0 Å². The van der Waals surface area contributed by atoms with E-state index in [0.717, 1.165) is 13.0 Å². The zero-order chi connectivity index (χ0) is 8.10. The second-order valence-corrected chi connectivity index (χ2v) is 2.64. The van der Waals surface area contributed by atoms with E-state index in [1.807, 2.05) is 13.8 Å². The molecule has 0 spiro atoms. The van der Waals surface area contributed by atoms with Gasteiger partial charge in [-0.05, 0) is 20.3 Å². The summed E-state index contributed by atoms with van der Waals surface area (Å²) >= 11 is 0. The topological polar surface area (TPSA) is 27.7 Å². The van der Waals surface area contributed by atoms with Gasteiger partial charge in [0.2, 0.25) is 0 Å². The Balaban J connectivity index is 1.92. The third-order valence-corrected chi connectivity index (χ3v) is 1.71. The third kappa shape index (κ3) is 3.18. The molecule has 0 aromatic heterocycles. The second-order valence-electron chi connectivity index (χ2n) is 2.64. The molecule has 2 atom stereocenters. The first-order chi connectivity index (χ1) is 5.33. The number of hydrogen-bond donors (Lipinski definition) is 0. The summed E-state index contributed by atoms with van der Waals surface area (Å²) in [5, 5.41) is 0. The van der Waals surface area contributed by atoms with Gasteiger partial charge in [0.1, 0.15) is 0 Å². The van der Waals surface area contributed by atoms with Gasteiger partial charge in [-0.3, -0.25) is 0 Å². The van der Waals surface area contributed by atoms with Crippen molar-refractivity contribution in [2.24, 2.45) is 0 Å². The molecule has 1 fully saturated rings. The Morgan fingerprint density at radius 2 is 2.27 bits per heavy atom. The second kappa shape index (κ2) is 4.70. The minimum atomic E-state index is -0.0933. The van der Waals surface area contributed by atoms with Crippen molar-refractivity contribution in [2.75, 3.05) is 19.8 Å². The van der Waals surface area contributed by atoms with E-state index in [1.54, 1.807) is 0 Å². The van der Waals surface area contributed by atoms with Gasteiger partial charge in [0, 0.05) is 13.2 Å². The number of rotatable bonds is 5. The fourth-order valence-electron chi connectivity index (χ4n) is 0.942. The van der Waals surface area contributed by atoms with E-state index in [0.29, 0.717) is 19.3 Å². The summed E-state index contributed by atoms with van der Waals surface area (Å²) in [4.78, 5) is 0. The quantitative estimate of drug-likeness (QED) is 0.565. The zero-order valence-corrected chi connectivity index (χ0v) is 7.21. The molecular weight excluding hydrogens is 144 g/mol. The fourth-order valence-corrected chi connectivity index (χ4v) is 0.942. The Labute approximate surface area is 67.6 Å². The van der Waals surface area contributed by atoms with Crippen LogP contribution >= 0.6 is 0 Å². The van der Waals surface area contributed by atoms with Crippen molar-refractivity contribution < 1.29 is 14.2 Å². The molecule has 0 saturated carbocycles. The highest BCUT2D eigenvalue weighted by Crippen LogP contribution is 2.11. The maximum absolute atomic E-state index is 5.34. The molecule has 1 saturated heterocycles. The van der Waals surface area contributed by atoms with Crippen molar-refractivity contribution in [3.8, 4) is 0 Å². The van der Waals surface area contributed by atoms with Crippen LogP contribution in [0.2, 0.25) is 0 Å². The molecule has 0 aromatic rings. The minimum absolute atomic E-state index is 0.0933. The van der Waals surface area contributed by atoms with E-state index < -0.39 is 0 Å². The van der Waals surface area contributed by atoms with Crippen LogP contribution in [-0.4, -0.2) is 32.2 Å². The standard InChI is InChI=1S/C8H16O3/c1-3-9-7(2)11-6-8-4-5-10-8/h7-8H,3-6H2,1-2H3. The van der Waals surface area contributed by atoms with Crippen LogP contribution in [0.5, 0.6) is 0 Å². The summed E-state index contributed by atoms with van der Waals surface area (Å²) in [6.45, 7) is 6.12. The summed E-state index contributed by atoms with van der Waals surface area (Å²) in [5.74, 6) is 0. The summed E-state index contributed by atoms with van der Waals surface area (Å²) in [6.07, 6.45) is 1.35. The van der Waals surface area contributed by atoms with Gasteiger partial charge < -0.3 is 14.2 Å². The molecule has 0 bridgehead atoms. The van der Waals surface area contributed by atoms with Crippen LogP contribution < -0.4 is 0 Å². The lowest BCUT2D eigenvalue weighted by Gasteiger charge is -2.27. The highest BCUT2D eigenvalue weighted by atomic mass is 16.7. The maximum atomic E-state index is 5.34. The first-order valence-corrected chi connectivity index (χ1v) is 4.17. The van der Waals surface area contributed by atoms with Gasteiger partial charge in [-0.15, -0.1) is 0 Å². The van der Waals surface area contributed by atoms with Crippen LogP contribution in [0.4, 0.5) is 0 Å². The van der Waals surface area contributed by atoms with E-state index >= 15 is 0 Å². The Bertz CT molecular complexity index is 102. The summed E-state index contributed by atoms with van der Waals surface area (Å²) in [7, 11) is 0. The zero-order valence-electron chi connectivity index (χ0n) is 7.21. The Kier molecular flexibility index (Phi) is 3.83. The summed E-state index contributed by atoms with van der Waals surface area (Å²) in [6, 6.07) is 0. The highest BCUT2D eigenvalue weighted by Gasteiger charge is 2.18. The van der Waals surface area contributed by atoms with Gasteiger partial charge in [0.25, 0.3) is 0 Å². The van der Waals surface area contributed by atoms with Crippen molar-refractivity contribution in [3.63, 3.8) is 0 Å². The Hall–Kier alpha value is -0.120. The molecular formula is C8H16O3. The molecule has 1 heterocycles. The van der Waals surface area contributed by atoms with Gasteiger partial charge in [-0.1, -0.05) is 0 Å². The van der Waals surface area contributed by atoms with Gasteiger partial charge >= 0.3 is 0 Å². The van der Waals surface area contributed by atoms with Crippen molar-refractivity contribution in [2.45, 2.75) is 32.7 Å². The lowest BCUT2D eigenvalue weighted by molar-refractivity contribution is -0.172. The van der Waals surface area contributed by atoms with Crippen LogP contribution in [0, 0.1) is 0 Å². The van der Waals surface area contributed by atoms with Gasteiger partial charge in [0.05, 0.1) is 12.7 Å². The van der Waals surface area contributed by atoms with E-state index in [-0.39, 0.29) is 6.29 Å². The molecule has 1 aliphatic heterocycles. The van der Waals surface area contributed by atoms with Crippen LogP contribution in [0.25, 0.3) is 0 Å². The van der Waals surface area contributed by atoms with Crippen LogP contribution in [0.15, 0.2) is 0 Å². The van der Waals surface area contributed by atoms with Crippen LogP contribution in [-0.2, 0) is 14.2 Å². The van der Waals surface area contributed by atoms with Crippen LogP contribution in [0.3, 0.4) is 0 Å². The normalized spacial score (nSPS) is 26.2. The number of hydrogen-bond acceptors (Lipinski definition) is 3. The Morgan fingerprint density at radius 3 is 2.73 bits per heavy atom. The maximum Gasteiger partial charge on any atom is 0.154 e. The summed E-state index contributed by atoms with van der Waals surface area (Å²) in [5.41, 5.74) is 0. The molecule has 3 nitrogen and oxygen atoms in total. The summed E-state index contributed by atoms with van der Waals surface area (Å²) < 4.78 is 15.7. The molecule has 0 radical (unpaired) electrons. The fraction of sp³-hybridized carbons (Fsp3) is 1.00. The molecule has 2 unspecified atom stereocenters. The van der Waals surface area contributed by atoms with Crippen molar-refractivity contribution >= 4 is 0 Å². The average Bonchev–Trinajstić information content (AvgIpc) is 1.85. The number of ether oxygens (including phenoxy) is 3. The van der Waals surface area contributed by atoms with Gasteiger partial charge in [-0.2, -0.15) is 0 Å². The predicted molar refractivity (Wildman–Crippen MR) is 41.4 cm³/mol. The lowest BCUT2D eigenvalue weighted by Crippen LogP contribution is -2.33. The monoisotopic (exact) mass is 160 g/mol. The van der Waals surface area contributed by atoms with Gasteiger partial charge in [-0.25, -0.2) is 0 Å². The van der Waals surface area contributed by atoms with E-state index in [4.69, 9.17) is 14.2 Å². The smallest absolute Gasteiger partial charge is 0.154 e. The van der Waals surface area contributed by atoms with Gasteiger partial charge in [0.15, 0.2) is 6.29 Å². The Morgan fingerprint density at radius 1 is 1.55 bits per heavy atom. The van der Waals surface area contributed by atoms with E-state index in [2.05, 4.69) is 0 Å². The first kappa shape index (κ1) is 8.97. The molecule has 0 aromatic carbocycles. The largest absolute Gasteiger partial charge is 0.376 e. The molecule has 1 rings (SSSR count). The molecule has 3 heteroatoms. The van der Waals surface area contributed by atoms with E-state index in [1.165, 1.54) is 0 Å².